The summed E-state index contributed by atoms with van der Waals surface area (Å²) in [6.07, 6.45) is -4.68. The van der Waals surface area contributed by atoms with Gasteiger partial charge in [-0.2, -0.15) is 0 Å². The molecule has 0 aliphatic heterocycles. The molecule has 1 aliphatic rings. The third-order valence-electron chi connectivity index (χ3n) is 3.01. The Morgan fingerprint density at radius 2 is 2.00 bits per heavy atom. The third kappa shape index (κ3) is 4.35. The molecule has 0 bridgehead atoms. The number of amides is 1. The van der Waals surface area contributed by atoms with E-state index in [0.717, 1.165) is 0 Å². The van der Waals surface area contributed by atoms with Crippen LogP contribution in [-0.2, 0) is 9.53 Å². The van der Waals surface area contributed by atoms with Crippen LogP contribution < -0.4 is 0 Å². The number of rotatable bonds is 2. The van der Waals surface area contributed by atoms with Crippen molar-refractivity contribution >= 4 is 17.5 Å². The Hall–Kier alpha value is -0.490. The van der Waals surface area contributed by atoms with Crippen molar-refractivity contribution in [2.45, 2.75) is 50.1 Å². The van der Waals surface area contributed by atoms with Gasteiger partial charge in [-0.15, -0.1) is 24.8 Å². The van der Waals surface area contributed by atoms with Crippen molar-refractivity contribution in [3.8, 4) is 0 Å². The Kier molecular flexibility index (Phi) is 4.66. The predicted molar refractivity (Wildman–Crippen MR) is 56.7 cm³/mol. The SMILES string of the molecule is CC(=O)N(C)C1CCC(OC(F)(F)F)C(Cl)C1. The Morgan fingerprint density at radius 1 is 1.41 bits per heavy atom. The normalized spacial score (nSPS) is 30.1. The lowest BCUT2D eigenvalue weighted by Gasteiger charge is -2.37. The summed E-state index contributed by atoms with van der Waals surface area (Å²) in [5.74, 6) is -0.117. The molecular formula is C10H15ClF3NO2. The summed E-state index contributed by atoms with van der Waals surface area (Å²) >= 11 is 5.87. The van der Waals surface area contributed by atoms with Gasteiger partial charge < -0.3 is 4.90 Å². The van der Waals surface area contributed by atoms with E-state index in [0.29, 0.717) is 12.8 Å². The van der Waals surface area contributed by atoms with Crippen molar-refractivity contribution < 1.29 is 22.7 Å². The van der Waals surface area contributed by atoms with E-state index in [1.807, 2.05) is 0 Å². The molecular weight excluding hydrogens is 259 g/mol. The van der Waals surface area contributed by atoms with Gasteiger partial charge in [0.15, 0.2) is 0 Å². The predicted octanol–water partition coefficient (Wildman–Crippen LogP) is 2.53. The molecule has 3 atom stereocenters. The van der Waals surface area contributed by atoms with E-state index in [9.17, 15) is 18.0 Å². The number of carbonyl (C=O) groups is 1. The van der Waals surface area contributed by atoms with Gasteiger partial charge in [0.2, 0.25) is 5.91 Å². The molecule has 1 saturated carbocycles. The van der Waals surface area contributed by atoms with Gasteiger partial charge >= 0.3 is 6.36 Å². The van der Waals surface area contributed by atoms with Crippen molar-refractivity contribution in [3.05, 3.63) is 0 Å². The number of ether oxygens (including phenoxy) is 1. The summed E-state index contributed by atoms with van der Waals surface area (Å²) in [6, 6.07) is -0.108. The van der Waals surface area contributed by atoms with Gasteiger partial charge in [0, 0.05) is 20.0 Å². The van der Waals surface area contributed by atoms with E-state index in [2.05, 4.69) is 4.74 Å². The van der Waals surface area contributed by atoms with Gasteiger partial charge in [0.25, 0.3) is 0 Å². The molecule has 1 amide bonds. The van der Waals surface area contributed by atoms with E-state index in [-0.39, 0.29) is 18.4 Å². The molecule has 0 radical (unpaired) electrons. The summed E-state index contributed by atoms with van der Waals surface area (Å²) in [5, 5.41) is -0.725. The van der Waals surface area contributed by atoms with Crippen LogP contribution in [0.3, 0.4) is 0 Å². The largest absolute Gasteiger partial charge is 0.522 e. The first-order valence-electron chi connectivity index (χ1n) is 5.32. The van der Waals surface area contributed by atoms with E-state index >= 15 is 0 Å². The minimum absolute atomic E-state index is 0.108. The molecule has 0 saturated heterocycles. The zero-order valence-electron chi connectivity index (χ0n) is 9.63. The van der Waals surface area contributed by atoms with Gasteiger partial charge in [-0.1, -0.05) is 0 Å². The van der Waals surface area contributed by atoms with Crippen LogP contribution >= 0.6 is 11.6 Å². The quantitative estimate of drug-likeness (QED) is 0.724. The van der Waals surface area contributed by atoms with Crippen LogP contribution in [0.4, 0.5) is 13.2 Å². The van der Waals surface area contributed by atoms with E-state index in [1.54, 1.807) is 7.05 Å². The van der Waals surface area contributed by atoms with E-state index in [4.69, 9.17) is 11.6 Å². The zero-order valence-corrected chi connectivity index (χ0v) is 10.4. The van der Waals surface area contributed by atoms with Gasteiger partial charge in [0.1, 0.15) is 0 Å². The molecule has 1 fully saturated rings. The number of hydrogen-bond acceptors (Lipinski definition) is 2. The van der Waals surface area contributed by atoms with Gasteiger partial charge in [0.05, 0.1) is 11.5 Å². The standard InChI is InChI=1S/C10H15ClF3NO2/c1-6(16)15(2)7-3-4-9(8(11)5-7)17-10(12,13)14/h7-9H,3-5H2,1-2H3. The second kappa shape index (κ2) is 5.44. The maximum Gasteiger partial charge on any atom is 0.522 e. The van der Waals surface area contributed by atoms with Gasteiger partial charge in [-0.05, 0) is 19.3 Å². The number of halogens is 4. The highest BCUT2D eigenvalue weighted by molar-refractivity contribution is 6.21. The first-order valence-corrected chi connectivity index (χ1v) is 5.76. The van der Waals surface area contributed by atoms with E-state index < -0.39 is 17.8 Å². The fourth-order valence-corrected chi connectivity index (χ4v) is 2.36. The zero-order chi connectivity index (χ0) is 13.2. The van der Waals surface area contributed by atoms with Crippen molar-refractivity contribution in [1.29, 1.82) is 0 Å². The van der Waals surface area contributed by atoms with Crippen LogP contribution in [0.15, 0.2) is 0 Å². The molecule has 3 unspecified atom stereocenters. The van der Waals surface area contributed by atoms with E-state index in [1.165, 1.54) is 11.8 Å². The molecule has 0 spiro atoms. The molecule has 17 heavy (non-hydrogen) atoms. The van der Waals surface area contributed by atoms with Crippen LogP contribution in [0.2, 0.25) is 0 Å². The fourth-order valence-electron chi connectivity index (χ4n) is 1.98. The van der Waals surface area contributed by atoms with Crippen molar-refractivity contribution in [2.24, 2.45) is 0 Å². The molecule has 0 aromatic carbocycles. The van der Waals surface area contributed by atoms with Gasteiger partial charge in [-0.25, -0.2) is 0 Å². The minimum atomic E-state index is -4.66. The average molecular weight is 274 g/mol. The second-order valence-electron chi connectivity index (χ2n) is 4.21. The molecule has 3 nitrogen and oxygen atoms in total. The summed E-state index contributed by atoms with van der Waals surface area (Å²) in [5.41, 5.74) is 0. The Balaban J connectivity index is 2.52. The number of nitrogens with zero attached hydrogens (tertiary/aromatic N) is 1. The maximum absolute atomic E-state index is 12.1. The summed E-state index contributed by atoms with van der Waals surface area (Å²) in [7, 11) is 1.63. The van der Waals surface area contributed by atoms with Crippen LogP contribution in [0.1, 0.15) is 26.2 Å². The smallest absolute Gasteiger partial charge is 0.343 e. The molecule has 0 aromatic heterocycles. The second-order valence-corrected chi connectivity index (χ2v) is 4.78. The lowest BCUT2D eigenvalue weighted by molar-refractivity contribution is -0.345. The Bertz CT molecular complexity index is 285. The van der Waals surface area contributed by atoms with Crippen molar-refractivity contribution in [3.63, 3.8) is 0 Å². The molecule has 0 N–H and O–H groups in total. The van der Waals surface area contributed by atoms with Gasteiger partial charge in [-0.3, -0.25) is 9.53 Å². The van der Waals surface area contributed by atoms with Crippen LogP contribution in [0, 0.1) is 0 Å². The van der Waals surface area contributed by atoms with Crippen LogP contribution in [0.5, 0.6) is 0 Å². The molecule has 1 aliphatic carbocycles. The van der Waals surface area contributed by atoms with Crippen LogP contribution in [-0.4, -0.2) is 41.7 Å². The summed E-state index contributed by atoms with van der Waals surface area (Å²) < 4.78 is 40.1. The maximum atomic E-state index is 12.1. The Morgan fingerprint density at radius 3 is 2.41 bits per heavy atom. The third-order valence-corrected chi connectivity index (χ3v) is 3.47. The topological polar surface area (TPSA) is 29.5 Å². The highest BCUT2D eigenvalue weighted by Gasteiger charge is 2.40. The fraction of sp³-hybridized carbons (Fsp3) is 0.900. The molecule has 0 heterocycles. The lowest BCUT2D eigenvalue weighted by atomic mass is 9.91. The highest BCUT2D eigenvalue weighted by atomic mass is 35.5. The monoisotopic (exact) mass is 273 g/mol. The highest BCUT2D eigenvalue weighted by Crippen LogP contribution is 2.32. The van der Waals surface area contributed by atoms with Crippen molar-refractivity contribution in [1.82, 2.24) is 4.90 Å². The average Bonchev–Trinajstić information content (AvgIpc) is 2.18. The molecule has 100 valence electrons. The molecule has 1 rings (SSSR count). The Labute approximate surface area is 103 Å². The first kappa shape index (κ1) is 14.6. The number of alkyl halides is 4. The molecule has 0 aromatic rings. The lowest BCUT2D eigenvalue weighted by Crippen LogP contribution is -2.45. The molecule has 7 heteroatoms. The van der Waals surface area contributed by atoms with Crippen LogP contribution in [0.25, 0.3) is 0 Å². The first-order chi connectivity index (χ1) is 7.70. The minimum Gasteiger partial charge on any atom is -0.343 e. The number of carbonyl (C=O) groups excluding carboxylic acids is 1. The summed E-state index contributed by atoms with van der Waals surface area (Å²) in [4.78, 5) is 12.6. The van der Waals surface area contributed by atoms with Crippen molar-refractivity contribution in [2.75, 3.05) is 7.05 Å². The summed E-state index contributed by atoms with van der Waals surface area (Å²) in [6.45, 7) is 1.42. The number of hydrogen-bond donors (Lipinski definition) is 0.